The molecule has 22 heavy (non-hydrogen) atoms. The van der Waals surface area contributed by atoms with E-state index in [2.05, 4.69) is 20.4 Å². The molecule has 1 aromatic carbocycles. The lowest BCUT2D eigenvalue weighted by atomic mass is 10.3. The summed E-state index contributed by atoms with van der Waals surface area (Å²) in [6.45, 7) is -0.223. The third-order valence-electron chi connectivity index (χ3n) is 2.57. The molecule has 0 unspecified atom stereocenters. The number of ether oxygens (including phenoxy) is 1. The molecule has 7 nitrogen and oxygen atoms in total. The van der Waals surface area contributed by atoms with Gasteiger partial charge in [0.2, 0.25) is 0 Å². The second-order valence-electron chi connectivity index (χ2n) is 4.24. The molecule has 0 spiro atoms. The molecule has 0 aliphatic rings. The quantitative estimate of drug-likeness (QED) is 0.790. The van der Waals surface area contributed by atoms with Crippen LogP contribution in [-0.4, -0.2) is 32.1 Å². The maximum Gasteiger partial charge on any atom is 0.264 e. The van der Waals surface area contributed by atoms with Crippen LogP contribution in [0.2, 0.25) is 10.0 Å². The average Bonchev–Trinajstić information content (AvgIpc) is 2.86. The number of amides is 1. The van der Waals surface area contributed by atoms with Crippen molar-refractivity contribution in [3.8, 4) is 5.75 Å². The summed E-state index contributed by atoms with van der Waals surface area (Å²) in [4.78, 5) is 19.9. The normalized spacial score (nSPS) is 10.6. The first-order chi connectivity index (χ1) is 10.6. The van der Waals surface area contributed by atoms with Crippen LogP contribution in [0, 0.1) is 0 Å². The maximum absolute atomic E-state index is 11.8. The van der Waals surface area contributed by atoms with E-state index >= 15 is 0 Å². The van der Waals surface area contributed by atoms with Gasteiger partial charge in [-0.1, -0.05) is 23.2 Å². The average molecular weight is 338 g/mol. The molecule has 0 saturated heterocycles. The van der Waals surface area contributed by atoms with Gasteiger partial charge in [-0.2, -0.15) is 4.98 Å². The van der Waals surface area contributed by atoms with Crippen molar-refractivity contribution < 1.29 is 9.53 Å². The zero-order chi connectivity index (χ0) is 15.5. The van der Waals surface area contributed by atoms with Crippen LogP contribution < -0.4 is 10.1 Å². The predicted octanol–water partition coefficient (Wildman–Crippen LogP) is 2.45. The predicted molar refractivity (Wildman–Crippen MR) is 81.4 cm³/mol. The number of fused-ring (bicyclic) bond motifs is 1. The van der Waals surface area contributed by atoms with Gasteiger partial charge >= 0.3 is 0 Å². The van der Waals surface area contributed by atoms with Crippen molar-refractivity contribution in [2.45, 2.75) is 0 Å². The van der Waals surface area contributed by atoms with E-state index < -0.39 is 5.91 Å². The summed E-state index contributed by atoms with van der Waals surface area (Å²) in [6, 6.07) is 6.41. The molecular weight excluding hydrogens is 329 g/mol. The summed E-state index contributed by atoms with van der Waals surface area (Å²) in [6.07, 6.45) is 3.26. The molecule has 3 rings (SSSR count). The molecule has 1 amide bonds. The fourth-order valence-electron chi connectivity index (χ4n) is 1.71. The third-order valence-corrected chi connectivity index (χ3v) is 3.01. The number of nitrogens with one attached hydrogen (secondary N) is 1. The van der Waals surface area contributed by atoms with Crippen molar-refractivity contribution in [2.24, 2.45) is 0 Å². The van der Waals surface area contributed by atoms with Gasteiger partial charge in [0, 0.05) is 22.4 Å². The van der Waals surface area contributed by atoms with Gasteiger partial charge in [-0.3, -0.25) is 10.1 Å². The molecule has 2 aromatic heterocycles. The van der Waals surface area contributed by atoms with Crippen molar-refractivity contribution >= 4 is 40.8 Å². The highest BCUT2D eigenvalue weighted by atomic mass is 35.5. The van der Waals surface area contributed by atoms with E-state index in [4.69, 9.17) is 27.9 Å². The van der Waals surface area contributed by atoms with E-state index in [1.807, 2.05) is 0 Å². The van der Waals surface area contributed by atoms with E-state index in [1.165, 1.54) is 4.52 Å². The fourth-order valence-corrected chi connectivity index (χ4v) is 2.21. The topological polar surface area (TPSA) is 81.4 Å². The second-order valence-corrected chi connectivity index (χ2v) is 5.11. The Balaban J connectivity index is 1.62. The number of nitrogens with zero attached hydrogens (tertiary/aromatic N) is 4. The van der Waals surface area contributed by atoms with E-state index in [9.17, 15) is 4.79 Å². The Kier molecular flexibility index (Phi) is 4.08. The SMILES string of the molecule is O=C(COc1cc(Cl)cc(Cl)c1)Nc1nc2ncccn2n1. The van der Waals surface area contributed by atoms with E-state index in [-0.39, 0.29) is 12.6 Å². The lowest BCUT2D eigenvalue weighted by molar-refractivity contribution is -0.118. The molecule has 0 aliphatic heterocycles. The Morgan fingerprint density at radius 1 is 1.27 bits per heavy atom. The molecule has 0 saturated carbocycles. The number of halogens is 2. The molecule has 0 bridgehead atoms. The molecular formula is C13H9Cl2N5O2. The van der Waals surface area contributed by atoms with Crippen molar-refractivity contribution in [3.05, 3.63) is 46.7 Å². The van der Waals surface area contributed by atoms with Crippen molar-refractivity contribution in [1.82, 2.24) is 19.6 Å². The highest BCUT2D eigenvalue weighted by molar-refractivity contribution is 6.34. The van der Waals surface area contributed by atoms with Crippen LogP contribution in [0.1, 0.15) is 0 Å². The number of hydrogen-bond donors (Lipinski definition) is 1. The molecule has 2 heterocycles. The number of benzene rings is 1. The molecule has 0 fully saturated rings. The lowest BCUT2D eigenvalue weighted by Gasteiger charge is -2.06. The summed E-state index contributed by atoms with van der Waals surface area (Å²) in [7, 11) is 0. The number of rotatable bonds is 4. The maximum atomic E-state index is 11.8. The van der Waals surface area contributed by atoms with E-state index in [1.54, 1.807) is 36.7 Å². The smallest absolute Gasteiger partial charge is 0.264 e. The lowest BCUT2D eigenvalue weighted by Crippen LogP contribution is -2.20. The Bertz CT molecular complexity index is 783. The Morgan fingerprint density at radius 3 is 2.77 bits per heavy atom. The number of carbonyl (C=O) groups excluding carboxylic acids is 1. The molecule has 1 N–H and O–H groups in total. The largest absolute Gasteiger partial charge is 0.484 e. The number of anilines is 1. The minimum absolute atomic E-state index is 0.149. The van der Waals surface area contributed by atoms with Crippen LogP contribution in [0.4, 0.5) is 5.95 Å². The van der Waals surface area contributed by atoms with Gasteiger partial charge in [0.25, 0.3) is 17.6 Å². The summed E-state index contributed by atoms with van der Waals surface area (Å²) in [5.74, 6) is 0.529. The van der Waals surface area contributed by atoms with Crippen molar-refractivity contribution in [3.63, 3.8) is 0 Å². The molecule has 112 valence electrons. The van der Waals surface area contributed by atoms with Gasteiger partial charge in [0.1, 0.15) is 5.75 Å². The van der Waals surface area contributed by atoms with Crippen LogP contribution in [0.25, 0.3) is 5.78 Å². The Labute approximate surface area is 134 Å². The Morgan fingerprint density at radius 2 is 2.05 bits per heavy atom. The third kappa shape index (κ3) is 3.44. The number of carbonyl (C=O) groups is 1. The second kappa shape index (κ2) is 6.17. The number of aromatic nitrogens is 4. The van der Waals surface area contributed by atoms with Gasteiger partial charge in [0.05, 0.1) is 0 Å². The monoisotopic (exact) mass is 337 g/mol. The van der Waals surface area contributed by atoms with Crippen LogP contribution in [0.15, 0.2) is 36.7 Å². The Hall–Kier alpha value is -2.38. The number of hydrogen-bond acceptors (Lipinski definition) is 5. The fraction of sp³-hybridized carbons (Fsp3) is 0.0769. The first-order valence-corrected chi connectivity index (χ1v) is 6.92. The van der Waals surface area contributed by atoms with Gasteiger partial charge in [-0.05, 0) is 24.3 Å². The van der Waals surface area contributed by atoms with Crippen molar-refractivity contribution in [1.29, 1.82) is 0 Å². The molecule has 0 aliphatic carbocycles. The van der Waals surface area contributed by atoms with Crippen LogP contribution in [0.3, 0.4) is 0 Å². The summed E-state index contributed by atoms with van der Waals surface area (Å²) in [5, 5.41) is 7.42. The first-order valence-electron chi connectivity index (χ1n) is 6.16. The highest BCUT2D eigenvalue weighted by Crippen LogP contribution is 2.24. The zero-order valence-electron chi connectivity index (χ0n) is 11.0. The molecule has 0 radical (unpaired) electrons. The zero-order valence-corrected chi connectivity index (χ0v) is 12.5. The molecule has 3 aromatic rings. The van der Waals surface area contributed by atoms with Gasteiger partial charge in [-0.15, -0.1) is 5.10 Å². The van der Waals surface area contributed by atoms with Crippen LogP contribution in [-0.2, 0) is 4.79 Å². The van der Waals surface area contributed by atoms with Crippen LogP contribution in [0.5, 0.6) is 5.75 Å². The van der Waals surface area contributed by atoms with Crippen LogP contribution >= 0.6 is 23.2 Å². The van der Waals surface area contributed by atoms with E-state index in [0.717, 1.165) is 0 Å². The molecule has 9 heteroatoms. The van der Waals surface area contributed by atoms with Gasteiger partial charge < -0.3 is 4.74 Å². The minimum atomic E-state index is -0.410. The van der Waals surface area contributed by atoms with Crippen molar-refractivity contribution in [2.75, 3.05) is 11.9 Å². The minimum Gasteiger partial charge on any atom is -0.484 e. The van der Waals surface area contributed by atoms with Gasteiger partial charge in [-0.25, -0.2) is 9.50 Å². The van der Waals surface area contributed by atoms with E-state index in [0.29, 0.717) is 21.6 Å². The summed E-state index contributed by atoms with van der Waals surface area (Å²) in [5.41, 5.74) is 0. The van der Waals surface area contributed by atoms with Gasteiger partial charge in [0.15, 0.2) is 6.61 Å². The standard InChI is InChI=1S/C13H9Cl2N5O2/c14-8-4-9(15)6-10(5-8)22-7-11(21)17-12-18-13-16-2-1-3-20(13)19-12/h1-6H,7H2,(H,17,19,21). The highest BCUT2D eigenvalue weighted by Gasteiger charge is 2.09. The summed E-state index contributed by atoms with van der Waals surface area (Å²) >= 11 is 11.7. The molecule has 0 atom stereocenters. The first kappa shape index (κ1) is 14.6. The summed E-state index contributed by atoms with van der Waals surface area (Å²) < 4.78 is 6.77.